The van der Waals surface area contributed by atoms with Crippen molar-refractivity contribution in [2.45, 2.75) is 13.0 Å². The summed E-state index contributed by atoms with van der Waals surface area (Å²) in [5.74, 6) is -0.891. The second-order valence-electron chi connectivity index (χ2n) is 4.80. The van der Waals surface area contributed by atoms with Crippen LogP contribution in [0.3, 0.4) is 0 Å². The number of Topliss-reactive ketones (excluding diaryl/α,β-unsaturated/α-hetero) is 1. The number of carbonyl (C=O) groups is 1. The van der Waals surface area contributed by atoms with Gasteiger partial charge in [0.25, 0.3) is 0 Å². The van der Waals surface area contributed by atoms with Gasteiger partial charge in [-0.05, 0) is 45.9 Å². The van der Waals surface area contributed by atoms with Crippen molar-refractivity contribution in [3.8, 4) is 0 Å². The lowest BCUT2D eigenvalue weighted by Crippen LogP contribution is -2.07. The van der Waals surface area contributed by atoms with E-state index in [1.54, 1.807) is 0 Å². The van der Waals surface area contributed by atoms with Gasteiger partial charge in [-0.25, -0.2) is 4.39 Å². The molecule has 2 nitrogen and oxygen atoms in total. The molecule has 0 spiro atoms. The van der Waals surface area contributed by atoms with Gasteiger partial charge in [-0.15, -0.1) is 0 Å². The number of benzene rings is 2. The summed E-state index contributed by atoms with van der Waals surface area (Å²) in [4.78, 5) is 16.6. The van der Waals surface area contributed by atoms with E-state index in [4.69, 9.17) is 11.6 Å². The van der Waals surface area contributed by atoms with Gasteiger partial charge in [0.2, 0.25) is 0 Å². The molecule has 2 aromatic rings. The van der Waals surface area contributed by atoms with E-state index in [2.05, 4.69) is 27.6 Å². The molecule has 0 atom stereocenters. The number of aliphatic imine (C=N–C) groups is 1. The number of hydrogen-bond acceptors (Lipinski definition) is 2. The third-order valence-corrected chi connectivity index (χ3v) is 4.62. The first kappa shape index (κ1) is 14.7. The van der Waals surface area contributed by atoms with E-state index >= 15 is 0 Å². The van der Waals surface area contributed by atoms with E-state index in [0.717, 1.165) is 20.4 Å². The van der Waals surface area contributed by atoms with Crippen LogP contribution >= 0.6 is 34.2 Å². The maximum Gasteiger partial charge on any atom is 0.171 e. The van der Waals surface area contributed by atoms with Gasteiger partial charge in [-0.2, -0.15) is 0 Å². The van der Waals surface area contributed by atoms with E-state index in [1.807, 2.05) is 18.2 Å². The standard InChI is InChI=1S/C16H10ClFINO/c17-12-2-1-3-13(18)15(12)14(21)7-9-4-5-11-10(6-9)8-20-16(11)19/h1-6H,7-8H2. The normalized spacial score (nSPS) is 13.0. The van der Waals surface area contributed by atoms with E-state index < -0.39 is 5.82 Å². The van der Waals surface area contributed by atoms with Gasteiger partial charge in [0, 0.05) is 12.0 Å². The molecule has 106 valence electrons. The number of nitrogens with zero attached hydrogens (tertiary/aromatic N) is 1. The van der Waals surface area contributed by atoms with Gasteiger partial charge in [0.05, 0.1) is 17.1 Å². The van der Waals surface area contributed by atoms with Crippen molar-refractivity contribution < 1.29 is 9.18 Å². The van der Waals surface area contributed by atoms with Crippen molar-refractivity contribution >= 4 is 43.7 Å². The van der Waals surface area contributed by atoms with Gasteiger partial charge in [-0.3, -0.25) is 9.79 Å². The summed E-state index contributed by atoms with van der Waals surface area (Å²) in [5.41, 5.74) is 3.02. The molecule has 0 saturated carbocycles. The van der Waals surface area contributed by atoms with Gasteiger partial charge in [0.15, 0.2) is 5.78 Å². The summed E-state index contributed by atoms with van der Waals surface area (Å²) < 4.78 is 14.7. The average Bonchev–Trinajstić information content (AvgIpc) is 2.80. The fraction of sp³-hybridized carbons (Fsp3) is 0.125. The van der Waals surface area contributed by atoms with Crippen LogP contribution in [0.5, 0.6) is 0 Å². The van der Waals surface area contributed by atoms with Crippen molar-refractivity contribution in [2.75, 3.05) is 0 Å². The molecule has 0 aromatic heterocycles. The number of halogens is 3. The van der Waals surface area contributed by atoms with Crippen LogP contribution < -0.4 is 0 Å². The first-order valence-electron chi connectivity index (χ1n) is 6.35. The van der Waals surface area contributed by atoms with E-state index in [0.29, 0.717) is 6.54 Å². The van der Waals surface area contributed by atoms with Crippen molar-refractivity contribution in [1.82, 2.24) is 0 Å². The third kappa shape index (κ3) is 2.87. The summed E-state index contributed by atoms with van der Waals surface area (Å²) >= 11 is 8.12. The lowest BCUT2D eigenvalue weighted by Gasteiger charge is -2.07. The minimum atomic E-state index is -0.577. The van der Waals surface area contributed by atoms with Crippen LogP contribution in [0.4, 0.5) is 4.39 Å². The largest absolute Gasteiger partial charge is 0.294 e. The highest BCUT2D eigenvalue weighted by atomic mass is 127. The molecule has 0 amide bonds. The molecular weight excluding hydrogens is 404 g/mol. The molecule has 2 aromatic carbocycles. The third-order valence-electron chi connectivity index (χ3n) is 3.39. The highest BCUT2D eigenvalue weighted by Crippen LogP contribution is 2.25. The van der Waals surface area contributed by atoms with Gasteiger partial charge in [-0.1, -0.05) is 35.9 Å². The molecule has 0 saturated heterocycles. The van der Waals surface area contributed by atoms with Gasteiger partial charge in [0.1, 0.15) is 9.54 Å². The molecular formula is C16H10ClFINO. The van der Waals surface area contributed by atoms with Gasteiger partial charge >= 0.3 is 0 Å². The first-order valence-corrected chi connectivity index (χ1v) is 7.81. The Labute approximate surface area is 140 Å². The molecule has 1 aliphatic rings. The molecule has 0 fully saturated rings. The van der Waals surface area contributed by atoms with Gasteiger partial charge < -0.3 is 0 Å². The van der Waals surface area contributed by atoms with Crippen molar-refractivity contribution in [1.29, 1.82) is 0 Å². The zero-order chi connectivity index (χ0) is 15.0. The topological polar surface area (TPSA) is 29.4 Å². The number of hydrogen-bond donors (Lipinski definition) is 0. The predicted octanol–water partition coefficient (Wildman–Crippen LogP) is 4.60. The minimum Gasteiger partial charge on any atom is -0.294 e. The summed E-state index contributed by atoms with van der Waals surface area (Å²) in [6.45, 7) is 0.635. The van der Waals surface area contributed by atoms with Crippen LogP contribution in [0.25, 0.3) is 0 Å². The minimum absolute atomic E-state index is 0.0366. The van der Waals surface area contributed by atoms with Crippen molar-refractivity contribution in [2.24, 2.45) is 4.99 Å². The molecule has 5 heteroatoms. The lowest BCUT2D eigenvalue weighted by atomic mass is 9.99. The van der Waals surface area contributed by atoms with Crippen molar-refractivity contribution in [3.63, 3.8) is 0 Å². The summed E-state index contributed by atoms with van der Waals surface area (Å²) in [6, 6.07) is 10.1. The van der Waals surface area contributed by atoms with Crippen LogP contribution in [0, 0.1) is 5.82 Å². The monoisotopic (exact) mass is 413 g/mol. The average molecular weight is 414 g/mol. The Balaban J connectivity index is 1.86. The quantitative estimate of drug-likeness (QED) is 0.534. The smallest absolute Gasteiger partial charge is 0.171 e. The summed E-state index contributed by atoms with van der Waals surface area (Å²) in [6.07, 6.45) is 0.129. The number of rotatable bonds is 3. The highest BCUT2D eigenvalue weighted by molar-refractivity contribution is 14.1. The Kier molecular flexibility index (Phi) is 4.08. The van der Waals surface area contributed by atoms with E-state index in [9.17, 15) is 9.18 Å². The molecule has 1 aliphatic heterocycles. The fourth-order valence-corrected chi connectivity index (χ4v) is 3.33. The zero-order valence-electron chi connectivity index (χ0n) is 10.9. The van der Waals surface area contributed by atoms with Crippen LogP contribution in [-0.4, -0.2) is 9.50 Å². The Morgan fingerprint density at radius 1 is 1.33 bits per heavy atom. The van der Waals surface area contributed by atoms with E-state index in [-0.39, 0.29) is 22.8 Å². The Hall–Kier alpha value is -1.27. The maximum atomic E-state index is 13.7. The van der Waals surface area contributed by atoms with Crippen LogP contribution in [-0.2, 0) is 13.0 Å². The molecule has 21 heavy (non-hydrogen) atoms. The fourth-order valence-electron chi connectivity index (χ4n) is 2.37. The second-order valence-corrected chi connectivity index (χ2v) is 6.22. The first-order chi connectivity index (χ1) is 10.1. The zero-order valence-corrected chi connectivity index (χ0v) is 13.8. The Morgan fingerprint density at radius 3 is 2.90 bits per heavy atom. The maximum absolute atomic E-state index is 13.7. The summed E-state index contributed by atoms with van der Waals surface area (Å²) in [5, 5.41) is 0.152. The summed E-state index contributed by atoms with van der Waals surface area (Å²) in [7, 11) is 0. The van der Waals surface area contributed by atoms with Crippen LogP contribution in [0.15, 0.2) is 41.4 Å². The molecule has 1 heterocycles. The predicted molar refractivity (Wildman–Crippen MR) is 90.1 cm³/mol. The van der Waals surface area contributed by atoms with Crippen LogP contribution in [0.2, 0.25) is 5.02 Å². The molecule has 0 unspecified atom stereocenters. The number of fused-ring (bicyclic) bond motifs is 1. The van der Waals surface area contributed by atoms with Crippen LogP contribution in [0.1, 0.15) is 27.0 Å². The number of ketones is 1. The molecule has 0 radical (unpaired) electrons. The van der Waals surface area contributed by atoms with Crippen molar-refractivity contribution in [3.05, 3.63) is 69.5 Å². The SMILES string of the molecule is O=C(Cc1ccc2c(c1)CN=C2I)c1c(F)cccc1Cl. The van der Waals surface area contributed by atoms with E-state index in [1.165, 1.54) is 18.2 Å². The molecule has 0 aliphatic carbocycles. The lowest BCUT2D eigenvalue weighted by molar-refractivity contribution is 0.0989. The molecule has 0 N–H and O–H groups in total. The second kappa shape index (κ2) is 5.85. The Bertz CT molecular complexity index is 753. The number of carbonyl (C=O) groups excluding carboxylic acids is 1. The molecule has 0 bridgehead atoms. The highest BCUT2D eigenvalue weighted by Gasteiger charge is 2.18. The molecule has 3 rings (SSSR count). The Morgan fingerprint density at radius 2 is 2.14 bits per heavy atom.